The molecule has 0 spiro atoms. The number of halogens is 1. The molecule has 0 aliphatic heterocycles. The highest BCUT2D eigenvalue weighted by molar-refractivity contribution is 7.99. The zero-order valence-corrected chi connectivity index (χ0v) is 15.3. The summed E-state index contributed by atoms with van der Waals surface area (Å²) in [5.41, 5.74) is 1.40. The Hall–Kier alpha value is -1.53. The van der Waals surface area contributed by atoms with Crippen LogP contribution in [-0.4, -0.2) is 38.7 Å². The average molecular weight is 353 g/mol. The number of hydrogen-bond acceptors (Lipinski definition) is 4. The molecule has 124 valence electrons. The molecule has 0 N–H and O–H groups in total. The number of carbonyl (C=O) groups is 1. The van der Waals surface area contributed by atoms with Gasteiger partial charge in [0.05, 0.1) is 18.1 Å². The van der Waals surface area contributed by atoms with Gasteiger partial charge in [-0.3, -0.25) is 9.78 Å². The molecular weight excluding hydrogens is 332 g/mol. The van der Waals surface area contributed by atoms with Crippen LogP contribution in [0, 0.1) is 5.92 Å². The molecule has 2 heterocycles. The molecule has 0 radical (unpaired) electrons. The van der Waals surface area contributed by atoms with Crippen LogP contribution in [0.5, 0.6) is 0 Å². The van der Waals surface area contributed by atoms with Crippen LogP contribution in [-0.2, 0) is 4.79 Å². The Labute approximate surface area is 146 Å². The lowest BCUT2D eigenvalue weighted by Crippen LogP contribution is -2.32. The van der Waals surface area contributed by atoms with Crippen molar-refractivity contribution in [2.75, 3.05) is 17.7 Å². The Bertz CT molecular complexity index is 659. The van der Waals surface area contributed by atoms with E-state index in [1.807, 2.05) is 19.1 Å². The molecule has 5 nitrogen and oxygen atoms in total. The van der Waals surface area contributed by atoms with Gasteiger partial charge in [0.2, 0.25) is 5.91 Å². The summed E-state index contributed by atoms with van der Waals surface area (Å²) in [5.74, 6) is 0.742. The summed E-state index contributed by atoms with van der Waals surface area (Å²) in [6.07, 6.45) is 5.13. The first kappa shape index (κ1) is 17.8. The van der Waals surface area contributed by atoms with Crippen LogP contribution in [0.4, 0.5) is 5.69 Å². The first-order valence-corrected chi connectivity index (χ1v) is 8.87. The van der Waals surface area contributed by atoms with Gasteiger partial charge in [-0.15, -0.1) is 0 Å². The molecule has 0 bridgehead atoms. The van der Waals surface area contributed by atoms with Gasteiger partial charge in [-0.05, 0) is 17.4 Å². The Morgan fingerprint density at radius 1 is 1.43 bits per heavy atom. The fourth-order valence-electron chi connectivity index (χ4n) is 2.05. The third-order valence-corrected chi connectivity index (χ3v) is 4.98. The van der Waals surface area contributed by atoms with Gasteiger partial charge in [0.25, 0.3) is 0 Å². The Morgan fingerprint density at radius 3 is 2.78 bits per heavy atom. The van der Waals surface area contributed by atoms with Crippen LogP contribution in [0.2, 0.25) is 5.15 Å². The summed E-state index contributed by atoms with van der Waals surface area (Å²) < 4.78 is 1.63. The second-order valence-corrected chi connectivity index (χ2v) is 7.61. The Kier molecular flexibility index (Phi) is 6.07. The van der Waals surface area contributed by atoms with Crippen molar-refractivity contribution < 1.29 is 4.79 Å². The van der Waals surface area contributed by atoms with Crippen LogP contribution in [0.3, 0.4) is 0 Å². The van der Waals surface area contributed by atoms with E-state index in [1.165, 1.54) is 0 Å². The predicted octanol–water partition coefficient (Wildman–Crippen LogP) is 3.66. The summed E-state index contributed by atoms with van der Waals surface area (Å²) >= 11 is 7.99. The molecule has 0 fully saturated rings. The van der Waals surface area contributed by atoms with E-state index in [2.05, 4.69) is 23.9 Å². The highest BCUT2D eigenvalue weighted by atomic mass is 35.5. The molecule has 0 saturated heterocycles. The van der Waals surface area contributed by atoms with Gasteiger partial charge in [0.15, 0.2) is 5.15 Å². The van der Waals surface area contributed by atoms with Gasteiger partial charge < -0.3 is 4.90 Å². The van der Waals surface area contributed by atoms with E-state index >= 15 is 0 Å². The Balaban J connectivity index is 2.15. The standard InChI is InChI=1S/C16H21ClN4OS/c1-11(2)23-10-12(3)16(22)20(4)14-9-21(19-15(14)17)13-6-5-7-18-8-13/h5-9,11-12H,10H2,1-4H3. The quantitative estimate of drug-likeness (QED) is 0.796. The third kappa shape index (κ3) is 4.48. The molecule has 2 rings (SSSR count). The fraction of sp³-hybridized carbons (Fsp3) is 0.438. The van der Waals surface area contributed by atoms with E-state index in [0.717, 1.165) is 11.4 Å². The van der Waals surface area contributed by atoms with Gasteiger partial charge in [-0.2, -0.15) is 16.9 Å². The van der Waals surface area contributed by atoms with Gasteiger partial charge in [0, 0.05) is 24.9 Å². The van der Waals surface area contributed by atoms with Crippen molar-refractivity contribution in [3.63, 3.8) is 0 Å². The van der Waals surface area contributed by atoms with Crippen molar-refractivity contribution in [2.24, 2.45) is 5.92 Å². The summed E-state index contributed by atoms with van der Waals surface area (Å²) in [7, 11) is 1.73. The number of hydrogen-bond donors (Lipinski definition) is 0. The molecule has 1 unspecified atom stereocenters. The van der Waals surface area contributed by atoms with E-state index in [4.69, 9.17) is 11.6 Å². The van der Waals surface area contributed by atoms with Gasteiger partial charge in [0.1, 0.15) is 5.69 Å². The van der Waals surface area contributed by atoms with Crippen molar-refractivity contribution in [3.05, 3.63) is 35.9 Å². The number of carbonyl (C=O) groups excluding carboxylic acids is 1. The lowest BCUT2D eigenvalue weighted by Gasteiger charge is -2.20. The van der Waals surface area contributed by atoms with Gasteiger partial charge in [-0.25, -0.2) is 4.68 Å². The molecule has 0 aromatic carbocycles. The van der Waals surface area contributed by atoms with Gasteiger partial charge in [-0.1, -0.05) is 32.4 Å². The monoisotopic (exact) mass is 352 g/mol. The van der Waals surface area contributed by atoms with Crippen LogP contribution < -0.4 is 4.90 Å². The molecule has 2 aromatic rings. The zero-order chi connectivity index (χ0) is 17.0. The number of nitrogens with zero attached hydrogens (tertiary/aromatic N) is 4. The molecule has 23 heavy (non-hydrogen) atoms. The topological polar surface area (TPSA) is 51.0 Å². The lowest BCUT2D eigenvalue weighted by atomic mass is 10.2. The zero-order valence-electron chi connectivity index (χ0n) is 13.7. The molecule has 0 saturated carbocycles. The summed E-state index contributed by atoms with van der Waals surface area (Å²) in [4.78, 5) is 18.2. The maximum absolute atomic E-state index is 12.6. The van der Waals surface area contributed by atoms with Crippen LogP contribution in [0.25, 0.3) is 5.69 Å². The van der Waals surface area contributed by atoms with Gasteiger partial charge >= 0.3 is 0 Å². The molecule has 1 atom stereocenters. The van der Waals surface area contributed by atoms with Crippen LogP contribution in [0.15, 0.2) is 30.7 Å². The second kappa shape index (κ2) is 7.84. The van der Waals surface area contributed by atoms with E-state index in [0.29, 0.717) is 16.1 Å². The van der Waals surface area contributed by atoms with Crippen molar-refractivity contribution in [2.45, 2.75) is 26.0 Å². The van der Waals surface area contributed by atoms with E-state index in [9.17, 15) is 4.79 Å². The van der Waals surface area contributed by atoms with E-state index in [-0.39, 0.29) is 11.8 Å². The number of anilines is 1. The molecule has 1 amide bonds. The largest absolute Gasteiger partial charge is 0.311 e. The minimum atomic E-state index is -0.0785. The van der Waals surface area contributed by atoms with E-state index in [1.54, 1.807) is 47.0 Å². The highest BCUT2D eigenvalue weighted by Crippen LogP contribution is 2.27. The summed E-state index contributed by atoms with van der Waals surface area (Å²) in [6.45, 7) is 6.19. The smallest absolute Gasteiger partial charge is 0.230 e. The molecule has 2 aromatic heterocycles. The van der Waals surface area contributed by atoms with Crippen molar-refractivity contribution in [3.8, 4) is 5.69 Å². The van der Waals surface area contributed by atoms with E-state index < -0.39 is 0 Å². The van der Waals surface area contributed by atoms with Crippen molar-refractivity contribution in [1.82, 2.24) is 14.8 Å². The second-order valence-electron chi connectivity index (χ2n) is 5.64. The van der Waals surface area contributed by atoms with Crippen molar-refractivity contribution >= 4 is 35.0 Å². The minimum Gasteiger partial charge on any atom is -0.311 e. The minimum absolute atomic E-state index is 0.0331. The molecule has 0 aliphatic rings. The molecule has 7 heteroatoms. The lowest BCUT2D eigenvalue weighted by molar-refractivity contribution is -0.120. The predicted molar refractivity (Wildman–Crippen MR) is 96.5 cm³/mol. The molecular formula is C16H21ClN4OS. The summed E-state index contributed by atoms with van der Waals surface area (Å²) in [5, 5.41) is 5.07. The average Bonchev–Trinajstić information content (AvgIpc) is 2.93. The normalized spacial score (nSPS) is 12.4. The molecule has 0 aliphatic carbocycles. The number of aromatic nitrogens is 3. The fourth-order valence-corrected chi connectivity index (χ4v) is 3.12. The first-order valence-electron chi connectivity index (χ1n) is 7.45. The highest BCUT2D eigenvalue weighted by Gasteiger charge is 2.23. The summed E-state index contributed by atoms with van der Waals surface area (Å²) in [6, 6.07) is 3.70. The number of amides is 1. The number of rotatable bonds is 6. The Morgan fingerprint density at radius 2 is 2.17 bits per heavy atom. The van der Waals surface area contributed by atoms with Crippen molar-refractivity contribution in [1.29, 1.82) is 0 Å². The number of thioether (sulfide) groups is 1. The number of pyridine rings is 1. The van der Waals surface area contributed by atoms with Crippen LogP contribution >= 0.6 is 23.4 Å². The SMILES string of the molecule is CC(C)SCC(C)C(=O)N(C)c1cn(-c2cccnc2)nc1Cl. The maximum atomic E-state index is 12.6. The maximum Gasteiger partial charge on any atom is 0.230 e. The van der Waals surface area contributed by atoms with Crippen LogP contribution in [0.1, 0.15) is 20.8 Å². The third-order valence-electron chi connectivity index (χ3n) is 3.35. The first-order chi connectivity index (χ1) is 10.9.